The molecule has 0 spiro atoms. The Morgan fingerprint density at radius 2 is 1.84 bits per heavy atom. The largest absolute Gasteiger partial charge is 0.491 e. The van der Waals surface area contributed by atoms with Crippen LogP contribution in [0, 0.1) is 12.8 Å². The quantitative estimate of drug-likeness (QED) is 0.576. The fourth-order valence-corrected chi connectivity index (χ4v) is 3.55. The van der Waals surface area contributed by atoms with Crippen LogP contribution in [0.2, 0.25) is 0 Å². The van der Waals surface area contributed by atoms with E-state index in [4.69, 9.17) is 20.9 Å². The second-order valence-corrected chi connectivity index (χ2v) is 9.71. The molecular weight excluding hydrogens is 392 g/mol. The summed E-state index contributed by atoms with van der Waals surface area (Å²) in [4.78, 5) is 16.4. The van der Waals surface area contributed by atoms with Crippen molar-refractivity contribution >= 4 is 17.6 Å². The van der Waals surface area contributed by atoms with Crippen molar-refractivity contribution < 1.29 is 14.3 Å². The number of nitrogens with one attached hydrogen (secondary N) is 1. The van der Waals surface area contributed by atoms with Crippen LogP contribution in [-0.2, 0) is 4.74 Å². The minimum absolute atomic E-state index is 0.313. The SMILES string of the molecule is Cc1cc(-c2ccnc(N)c2N)ccc1OC[C@](C)(CC(C)C)NC(=O)OC(C)(C)C. The summed E-state index contributed by atoms with van der Waals surface area (Å²) >= 11 is 0. The van der Waals surface area contributed by atoms with Crippen molar-refractivity contribution in [3.8, 4) is 16.9 Å². The molecule has 0 bridgehead atoms. The fraction of sp³-hybridized carbons (Fsp3) is 0.500. The number of alkyl carbamates (subject to hydrolysis) is 1. The van der Waals surface area contributed by atoms with Crippen LogP contribution in [0.5, 0.6) is 5.75 Å². The summed E-state index contributed by atoms with van der Waals surface area (Å²) in [5, 5.41) is 3.00. The number of pyridine rings is 1. The van der Waals surface area contributed by atoms with E-state index in [9.17, 15) is 4.79 Å². The van der Waals surface area contributed by atoms with Gasteiger partial charge in [0.1, 0.15) is 23.8 Å². The molecule has 2 rings (SSSR count). The predicted octanol–water partition coefficient (Wildman–Crippen LogP) is 4.93. The Balaban J connectivity index is 2.17. The van der Waals surface area contributed by atoms with Crippen LogP contribution in [0.3, 0.4) is 0 Å². The number of hydrogen-bond donors (Lipinski definition) is 3. The normalized spacial score (nSPS) is 13.5. The molecule has 170 valence electrons. The molecule has 0 fully saturated rings. The molecule has 1 heterocycles. The van der Waals surface area contributed by atoms with Gasteiger partial charge < -0.3 is 26.3 Å². The maximum absolute atomic E-state index is 12.4. The number of aromatic nitrogens is 1. The monoisotopic (exact) mass is 428 g/mol. The van der Waals surface area contributed by atoms with Crippen molar-refractivity contribution in [2.75, 3.05) is 18.1 Å². The zero-order valence-electron chi connectivity index (χ0n) is 19.7. The van der Waals surface area contributed by atoms with Gasteiger partial charge in [-0.25, -0.2) is 9.78 Å². The number of nitrogens with zero attached hydrogens (tertiary/aromatic N) is 1. The number of anilines is 2. The Bertz CT molecular complexity index is 922. The van der Waals surface area contributed by atoms with Crippen molar-refractivity contribution in [1.29, 1.82) is 0 Å². The van der Waals surface area contributed by atoms with Crippen LogP contribution in [0.25, 0.3) is 11.1 Å². The number of carbonyl (C=O) groups is 1. The van der Waals surface area contributed by atoms with Gasteiger partial charge in [0.15, 0.2) is 0 Å². The Morgan fingerprint density at radius 3 is 2.42 bits per heavy atom. The Morgan fingerprint density at radius 1 is 1.16 bits per heavy atom. The first-order chi connectivity index (χ1) is 14.3. The number of rotatable bonds is 7. The minimum atomic E-state index is -0.578. The molecule has 0 aliphatic carbocycles. The number of nitrogen functional groups attached to an aromatic ring is 2. The summed E-state index contributed by atoms with van der Waals surface area (Å²) < 4.78 is 11.6. The topological polar surface area (TPSA) is 112 Å². The van der Waals surface area contributed by atoms with Gasteiger partial charge in [0.05, 0.1) is 11.2 Å². The van der Waals surface area contributed by atoms with Crippen molar-refractivity contribution in [2.45, 2.75) is 66.0 Å². The van der Waals surface area contributed by atoms with Crippen LogP contribution in [-0.4, -0.2) is 28.8 Å². The molecule has 0 saturated heterocycles. The maximum Gasteiger partial charge on any atom is 0.408 e. The van der Waals surface area contributed by atoms with E-state index in [2.05, 4.69) is 24.1 Å². The molecule has 1 atom stereocenters. The first kappa shape index (κ1) is 24.3. The zero-order chi connectivity index (χ0) is 23.4. The second-order valence-electron chi connectivity index (χ2n) is 9.71. The van der Waals surface area contributed by atoms with Gasteiger partial charge in [0.2, 0.25) is 0 Å². The number of hydrogen-bond acceptors (Lipinski definition) is 6. The Kier molecular flexibility index (Phi) is 7.41. The average molecular weight is 429 g/mol. The molecule has 2 aromatic rings. The number of carbonyl (C=O) groups excluding carboxylic acids is 1. The first-order valence-corrected chi connectivity index (χ1v) is 10.5. The van der Waals surface area contributed by atoms with Crippen molar-refractivity contribution in [2.24, 2.45) is 5.92 Å². The average Bonchev–Trinajstić information content (AvgIpc) is 2.60. The van der Waals surface area contributed by atoms with Gasteiger partial charge in [-0.3, -0.25) is 0 Å². The van der Waals surface area contributed by atoms with Gasteiger partial charge in [-0.05, 0) is 76.3 Å². The molecular formula is C24H36N4O3. The van der Waals surface area contributed by atoms with Gasteiger partial charge in [-0.1, -0.05) is 19.9 Å². The lowest BCUT2D eigenvalue weighted by molar-refractivity contribution is 0.0408. The highest BCUT2D eigenvalue weighted by atomic mass is 16.6. The van der Waals surface area contributed by atoms with E-state index in [1.807, 2.05) is 58.9 Å². The third kappa shape index (κ3) is 7.05. The molecule has 31 heavy (non-hydrogen) atoms. The number of aryl methyl sites for hydroxylation is 1. The molecule has 0 radical (unpaired) electrons. The molecule has 7 nitrogen and oxygen atoms in total. The van der Waals surface area contributed by atoms with Gasteiger partial charge in [0, 0.05) is 11.8 Å². The summed E-state index contributed by atoms with van der Waals surface area (Å²) in [5.41, 5.74) is 14.0. The molecule has 0 unspecified atom stereocenters. The first-order valence-electron chi connectivity index (χ1n) is 10.5. The summed E-state index contributed by atoms with van der Waals surface area (Å²) in [5.74, 6) is 1.42. The van der Waals surface area contributed by atoms with Crippen molar-refractivity contribution in [1.82, 2.24) is 10.3 Å². The van der Waals surface area contributed by atoms with Gasteiger partial charge >= 0.3 is 6.09 Å². The fourth-order valence-electron chi connectivity index (χ4n) is 3.55. The van der Waals surface area contributed by atoms with Crippen molar-refractivity contribution in [3.63, 3.8) is 0 Å². The molecule has 0 saturated carbocycles. The highest BCUT2D eigenvalue weighted by Gasteiger charge is 2.31. The van der Waals surface area contributed by atoms with Crippen LogP contribution >= 0.6 is 0 Å². The van der Waals surface area contributed by atoms with E-state index in [1.165, 1.54) is 0 Å². The van der Waals surface area contributed by atoms with E-state index in [1.54, 1.807) is 6.20 Å². The van der Waals surface area contributed by atoms with Crippen LogP contribution < -0.4 is 21.5 Å². The van der Waals surface area contributed by atoms with E-state index >= 15 is 0 Å². The lowest BCUT2D eigenvalue weighted by atomic mass is 9.91. The number of amides is 1. The highest BCUT2D eigenvalue weighted by Crippen LogP contribution is 2.32. The molecule has 0 aliphatic heterocycles. The van der Waals surface area contributed by atoms with E-state index < -0.39 is 17.2 Å². The lowest BCUT2D eigenvalue weighted by Gasteiger charge is -2.33. The van der Waals surface area contributed by atoms with Gasteiger partial charge in [-0.2, -0.15) is 0 Å². The van der Waals surface area contributed by atoms with E-state index in [-0.39, 0.29) is 0 Å². The highest BCUT2D eigenvalue weighted by molar-refractivity contribution is 5.82. The zero-order valence-corrected chi connectivity index (χ0v) is 19.7. The molecule has 1 amide bonds. The van der Waals surface area contributed by atoms with Crippen LogP contribution in [0.4, 0.5) is 16.3 Å². The number of benzene rings is 1. The predicted molar refractivity (Wildman–Crippen MR) is 126 cm³/mol. The summed E-state index contributed by atoms with van der Waals surface area (Å²) in [6.45, 7) is 14.0. The lowest BCUT2D eigenvalue weighted by Crippen LogP contribution is -2.52. The Hall–Kier alpha value is -2.96. The second kappa shape index (κ2) is 9.45. The summed E-state index contributed by atoms with van der Waals surface area (Å²) in [6, 6.07) is 7.69. The summed E-state index contributed by atoms with van der Waals surface area (Å²) in [6.07, 6.45) is 1.94. The van der Waals surface area contributed by atoms with Gasteiger partial charge in [0.25, 0.3) is 0 Å². The molecule has 1 aromatic heterocycles. The smallest absolute Gasteiger partial charge is 0.408 e. The maximum atomic E-state index is 12.4. The van der Waals surface area contributed by atoms with Crippen molar-refractivity contribution in [3.05, 3.63) is 36.0 Å². The van der Waals surface area contributed by atoms with Crippen LogP contribution in [0.15, 0.2) is 30.5 Å². The molecule has 7 heteroatoms. The molecule has 0 aliphatic rings. The number of ether oxygens (including phenoxy) is 2. The van der Waals surface area contributed by atoms with Gasteiger partial charge in [-0.15, -0.1) is 0 Å². The third-order valence-electron chi connectivity index (χ3n) is 4.71. The van der Waals surface area contributed by atoms with E-state index in [0.29, 0.717) is 24.0 Å². The standard InChI is InChI=1S/C24H36N4O3/c1-15(2)13-24(7,28-22(29)31-23(4,5)6)14-30-19-9-8-17(12-16(19)3)18-10-11-27-21(26)20(18)25/h8-12,15H,13-14,25H2,1-7H3,(H2,26,27)(H,28,29)/t24-/m0/s1. The molecule has 1 aromatic carbocycles. The van der Waals surface area contributed by atoms with Crippen LogP contribution in [0.1, 0.15) is 53.5 Å². The minimum Gasteiger partial charge on any atom is -0.491 e. The Labute approximate surface area is 185 Å². The third-order valence-corrected chi connectivity index (χ3v) is 4.71. The molecule has 5 N–H and O–H groups in total. The summed E-state index contributed by atoms with van der Waals surface area (Å²) in [7, 11) is 0. The van der Waals surface area contributed by atoms with E-state index in [0.717, 1.165) is 28.9 Å². The number of nitrogens with two attached hydrogens (primary N) is 2.